The van der Waals surface area contributed by atoms with Gasteiger partial charge in [-0.05, 0) is 233 Å². The van der Waals surface area contributed by atoms with Gasteiger partial charge >= 0.3 is 0 Å². The van der Waals surface area contributed by atoms with Gasteiger partial charge in [-0.3, -0.25) is 51.8 Å². The molecule has 602 valence electrons. The van der Waals surface area contributed by atoms with E-state index < -0.39 is 79.2 Å². The Morgan fingerprint density at radius 2 is 0.722 bits per heavy atom. The fourth-order valence-corrected chi connectivity index (χ4v) is 26.6. The van der Waals surface area contributed by atoms with E-state index in [0.717, 1.165) is 73.8 Å². The lowest BCUT2D eigenvalue weighted by molar-refractivity contribution is 0.543. The maximum Gasteiger partial charge on any atom is 0.227 e. The van der Waals surface area contributed by atoms with Gasteiger partial charge < -0.3 is 40.6 Å². The van der Waals surface area contributed by atoms with Gasteiger partial charge in [-0.1, -0.05) is 23.2 Å². The van der Waals surface area contributed by atoms with Crippen LogP contribution in [-0.4, -0.2) is 141 Å². The van der Waals surface area contributed by atoms with Crippen LogP contribution in [0.5, 0.6) is 0 Å². The molecule has 0 fully saturated rings. The van der Waals surface area contributed by atoms with E-state index in [9.17, 15) is 21.2 Å². The molecule has 115 heavy (non-hydrogen) atoms. The first kappa shape index (κ1) is 83.7. The number of hydrogen-bond acceptors (Lipinski definition) is 27. The standard InChI is InChI=1S/C21H22FN3O2S2.2C20H21ClN4O2S2.C20H22N4O2S2/c1-20(2)19(23)25-21(3,11-29(20,4)26)18-8-15(10-28-18)13-5-14(7-16(22)6-13)17-9-24-12-27-17;1-19(2)18(22)25-20(3,10-29(19,4)26)17-14(21)6-16(28-17)13-5-12(7-23-8-13)15-9-24-11-27-15;1-19(2)18(22)25-20(3,11-29(19,4)26)16-14(21)8-15(28-16)12-7-13(10-23-9-12)17-24-5-6-27-17;1-19(2)18(21)24-20(3,11-28(19,4)25)17-6-15(10-27-17)13-5-14(8-22-7-13)16-9-23-12-26-16/h5-10,12H,4,11H2,1-3H3,(H2,23,25);5-9,11H,4,10H2,1-3H3,(H2,22,25);5-10H,4,11H2,1-3H3,(H2,22,25);5-10,12H,4,11H2,1-3H3,(H2,21,24)/t21-,29?;2*20-,29?;20-,28?/m0000/s1. The van der Waals surface area contributed by atoms with Crippen molar-refractivity contribution in [1.82, 2.24) is 34.9 Å². The second kappa shape index (κ2) is 30.4. The molecule has 34 heteroatoms. The van der Waals surface area contributed by atoms with E-state index in [4.69, 9.17) is 83.8 Å². The van der Waals surface area contributed by atoms with Gasteiger partial charge in [0.05, 0.1) is 69.1 Å². The van der Waals surface area contributed by atoms with Crippen LogP contribution in [0.25, 0.3) is 88.6 Å². The molecule has 23 nitrogen and oxygen atoms in total. The predicted molar refractivity (Wildman–Crippen MR) is 477 cm³/mol. The molecular weight excluding hydrogens is 1660 g/mol. The molecule has 4 unspecified atom stereocenters. The van der Waals surface area contributed by atoms with Gasteiger partial charge in [0.15, 0.2) is 36.5 Å². The zero-order valence-electron chi connectivity index (χ0n) is 65.1. The van der Waals surface area contributed by atoms with Crippen molar-refractivity contribution in [3.63, 3.8) is 0 Å². The summed E-state index contributed by atoms with van der Waals surface area (Å²) < 4.78 is 85.7. The van der Waals surface area contributed by atoms with Gasteiger partial charge in [0.1, 0.15) is 57.6 Å². The van der Waals surface area contributed by atoms with Gasteiger partial charge in [-0.2, -0.15) is 0 Å². The van der Waals surface area contributed by atoms with Crippen LogP contribution >= 0.6 is 68.5 Å². The highest BCUT2D eigenvalue weighted by molar-refractivity contribution is 8.03. The highest BCUT2D eigenvalue weighted by Gasteiger charge is 2.50. The summed E-state index contributed by atoms with van der Waals surface area (Å²) >= 11 is 19.3. The number of thiophene rings is 4. The molecule has 4 aliphatic rings. The lowest BCUT2D eigenvalue weighted by Crippen LogP contribution is -2.54. The molecule has 15 heterocycles. The van der Waals surface area contributed by atoms with Gasteiger partial charge in [-0.25, -0.2) is 24.3 Å². The SMILES string of the molecule is C=S1(=O)C[C@@](C)(c2cc(-c3cc(F)cc(-c4cnco4)c3)cs2)N=C(N)C1(C)C.C=S1(=O)C[C@@](C)(c2cc(-c3cncc(-c4cnco4)c3)cs2)N=C(N)C1(C)C.C=S1(=O)C[C@@](C)(c2sc(-c3cncc(-c4cnco4)c3)cc2Cl)N=C(N)C1(C)C.C=S1(=O)C[C@@](C)(c2sc(-c3cncc(-c4ncco4)c3)cc2Cl)N=C(N)C1(C)C. The summed E-state index contributed by atoms with van der Waals surface area (Å²) in [4.78, 5) is 53.2. The van der Waals surface area contributed by atoms with E-state index in [-0.39, 0.29) is 17.3 Å². The van der Waals surface area contributed by atoms with Crippen molar-refractivity contribution in [2.45, 2.75) is 124 Å². The summed E-state index contributed by atoms with van der Waals surface area (Å²) in [5.41, 5.74) is 30.2. The average molecular weight is 1740 g/mol. The van der Waals surface area contributed by atoms with Crippen LogP contribution in [-0.2, 0) is 60.2 Å². The summed E-state index contributed by atoms with van der Waals surface area (Å²) in [6.07, 6.45) is 22.5. The molecule has 8 N–H and O–H groups in total. The number of amidine groups is 4. The van der Waals surface area contributed by atoms with Gasteiger partial charge in [-0.15, -0.1) is 45.3 Å². The number of aromatic nitrogens is 7. The molecule has 4 aliphatic heterocycles. The number of pyridine rings is 3. The molecule has 12 aromatic rings. The van der Waals surface area contributed by atoms with E-state index in [2.05, 4.69) is 69.8 Å². The van der Waals surface area contributed by atoms with Gasteiger partial charge in [0.2, 0.25) is 5.89 Å². The molecular formula is C81H86Cl2FN15O8S8. The topological polar surface area (TPSA) is 365 Å². The minimum Gasteiger partial charge on any atom is -0.444 e. The molecule has 0 bridgehead atoms. The largest absolute Gasteiger partial charge is 0.444 e. The predicted octanol–water partition coefficient (Wildman–Crippen LogP) is 16.2. The quantitative estimate of drug-likeness (QED) is 0.0825. The summed E-state index contributed by atoms with van der Waals surface area (Å²) in [7, 11) is -9.96. The Labute approximate surface area is 694 Å². The molecule has 16 rings (SSSR count). The van der Waals surface area contributed by atoms with Gasteiger partial charge in [0, 0.05) is 113 Å². The highest BCUT2D eigenvalue weighted by atomic mass is 35.5. The second-order valence-corrected chi connectivity index (χ2v) is 47.9. The molecule has 11 aromatic heterocycles. The van der Waals surface area contributed by atoms with E-state index >= 15 is 0 Å². The maximum atomic E-state index is 14.2. The third-order valence-electron chi connectivity index (χ3n) is 21.5. The Bertz CT molecular complexity index is 6130. The van der Waals surface area contributed by atoms with Crippen molar-refractivity contribution >= 4 is 153 Å². The van der Waals surface area contributed by atoms with Crippen molar-refractivity contribution in [2.24, 2.45) is 42.9 Å². The first-order valence-corrected chi connectivity index (χ1v) is 47.3. The van der Waals surface area contributed by atoms with Crippen molar-refractivity contribution in [3.05, 3.63) is 194 Å². The molecule has 0 amide bonds. The monoisotopic (exact) mass is 1740 g/mol. The fraction of sp³-hybridized carbons (Fsp3) is 0.296. The summed E-state index contributed by atoms with van der Waals surface area (Å²) in [5, 5.41) is 5.11. The first-order valence-electron chi connectivity index (χ1n) is 35.5. The molecule has 0 radical (unpaired) electrons. The van der Waals surface area contributed by atoms with Crippen LogP contribution in [0.3, 0.4) is 0 Å². The minimum absolute atomic E-state index is 0.280. The Hall–Kier alpha value is -9.22. The van der Waals surface area contributed by atoms with Crippen molar-refractivity contribution < 1.29 is 38.9 Å². The zero-order chi connectivity index (χ0) is 83.2. The molecule has 8 atom stereocenters. The van der Waals surface area contributed by atoms with Crippen molar-refractivity contribution in [2.75, 3.05) is 23.0 Å². The van der Waals surface area contributed by atoms with Crippen LogP contribution in [0.1, 0.15) is 103 Å². The zero-order valence-corrected chi connectivity index (χ0v) is 73.1. The summed E-state index contributed by atoms with van der Waals surface area (Å²) in [6.45, 7) is 22.3. The van der Waals surface area contributed by atoms with Crippen LogP contribution in [0.4, 0.5) is 4.39 Å². The number of hydrogen-bond donors (Lipinski definition) is 4. The third kappa shape index (κ3) is 16.0. The lowest BCUT2D eigenvalue weighted by Gasteiger charge is -2.40. The minimum atomic E-state index is -2.52. The maximum absolute atomic E-state index is 14.2. The molecule has 0 saturated carbocycles. The Morgan fingerprint density at radius 1 is 0.391 bits per heavy atom. The third-order valence-corrected chi connectivity index (χ3v) is 40.0. The van der Waals surface area contributed by atoms with Crippen molar-refractivity contribution in [3.8, 4) is 88.6 Å². The van der Waals surface area contributed by atoms with Crippen molar-refractivity contribution in [1.29, 1.82) is 0 Å². The molecule has 0 saturated heterocycles. The number of nitrogens with zero attached hydrogens (tertiary/aromatic N) is 11. The Balaban J connectivity index is 0.000000134. The molecule has 0 spiro atoms. The normalized spacial score (nSPS) is 26.4. The Morgan fingerprint density at radius 3 is 1.10 bits per heavy atom. The second-order valence-electron chi connectivity index (χ2n) is 31.5. The summed E-state index contributed by atoms with van der Waals surface area (Å²) in [6, 6.07) is 18.4. The van der Waals surface area contributed by atoms with Crippen LogP contribution in [0.15, 0.2) is 196 Å². The van der Waals surface area contributed by atoms with Crippen LogP contribution in [0, 0.1) is 5.82 Å². The molecule has 1 aromatic carbocycles. The number of benzene rings is 1. The number of oxazole rings is 4. The number of nitrogens with two attached hydrogens (primary N) is 4. The number of halogens is 3. The lowest BCUT2D eigenvalue weighted by atomic mass is 9.99. The average Bonchev–Trinajstić information content (AvgIpc) is 1.74. The fourth-order valence-electron chi connectivity index (χ4n) is 13.3. The number of aliphatic imine (C=N–C) groups is 4. The number of rotatable bonds is 12. The van der Waals surface area contributed by atoms with Crippen LogP contribution < -0.4 is 22.9 Å². The smallest absolute Gasteiger partial charge is 0.227 e. The summed E-state index contributed by atoms with van der Waals surface area (Å²) in [5.74, 6) is 20.5. The van der Waals surface area contributed by atoms with E-state index in [1.807, 2.05) is 131 Å². The Kier molecular flexibility index (Phi) is 22.1. The van der Waals surface area contributed by atoms with E-state index in [1.54, 1.807) is 73.3 Å². The van der Waals surface area contributed by atoms with E-state index in [1.165, 1.54) is 71.6 Å². The molecule has 0 aliphatic carbocycles. The highest BCUT2D eigenvalue weighted by Crippen LogP contribution is 2.50. The first-order chi connectivity index (χ1) is 53.7. The van der Waals surface area contributed by atoms with Crippen LogP contribution in [0.2, 0.25) is 10.0 Å². The van der Waals surface area contributed by atoms with E-state index in [0.29, 0.717) is 79.2 Å². The van der Waals surface area contributed by atoms with Gasteiger partial charge in [0.25, 0.3) is 0 Å².